The highest BCUT2D eigenvalue weighted by atomic mass is 16.2. The average molecular weight is 126 g/mol. The quantitative estimate of drug-likeness (QED) is 0.321. The van der Waals surface area contributed by atoms with Crippen molar-refractivity contribution in [3.63, 3.8) is 0 Å². The maximum absolute atomic E-state index is 10.6. The highest BCUT2D eigenvalue weighted by molar-refractivity contribution is 6.27. The molecule has 0 atom stereocenters. The molecule has 9 heavy (non-hydrogen) atoms. The van der Waals surface area contributed by atoms with E-state index in [-0.39, 0.29) is 0 Å². The number of hydrogen-bond acceptors (Lipinski definition) is 2. The number of carbonyl (C=O) groups excluding carboxylic acids is 2. The predicted molar refractivity (Wildman–Crippen MR) is 35.0 cm³/mol. The van der Waals surface area contributed by atoms with Crippen LogP contribution in [0.2, 0.25) is 0 Å². The summed E-state index contributed by atoms with van der Waals surface area (Å²) in [7, 11) is 0. The first kappa shape index (κ1) is 8.08. The first-order valence-electron chi connectivity index (χ1n) is 2.68. The molecule has 0 radical (unpaired) electrons. The second kappa shape index (κ2) is 2.58. The van der Waals surface area contributed by atoms with Crippen LogP contribution in [0.15, 0.2) is 12.7 Å². The van der Waals surface area contributed by atoms with Crippen LogP contribution in [0.5, 0.6) is 0 Å². The molecule has 0 saturated carbocycles. The van der Waals surface area contributed by atoms with Crippen molar-refractivity contribution in [3.05, 3.63) is 12.7 Å². The molecule has 0 spiro atoms. The Morgan fingerprint density at radius 3 is 2.11 bits per heavy atom. The second-order valence-corrected chi connectivity index (χ2v) is 2.41. The summed E-state index contributed by atoms with van der Waals surface area (Å²) in [6, 6.07) is 0. The summed E-state index contributed by atoms with van der Waals surface area (Å²) in [5.41, 5.74) is -0.693. The number of rotatable bonds is 3. The topological polar surface area (TPSA) is 34.1 Å². The van der Waals surface area contributed by atoms with E-state index in [9.17, 15) is 9.59 Å². The summed E-state index contributed by atoms with van der Waals surface area (Å²) in [4.78, 5) is 20.5. The van der Waals surface area contributed by atoms with Gasteiger partial charge in [0.1, 0.15) is 0 Å². The SMILES string of the molecule is C=CC(C)(C)C(=O)C=O. The molecular formula is C7H10O2. The summed E-state index contributed by atoms with van der Waals surface area (Å²) >= 11 is 0. The Morgan fingerprint density at radius 1 is 1.56 bits per heavy atom. The first-order valence-corrected chi connectivity index (χ1v) is 2.68. The Kier molecular flexibility index (Phi) is 2.31. The van der Waals surface area contributed by atoms with Crippen LogP contribution >= 0.6 is 0 Å². The van der Waals surface area contributed by atoms with E-state index in [1.165, 1.54) is 6.08 Å². The Bertz CT molecular complexity index is 145. The molecule has 0 amide bonds. The Hall–Kier alpha value is -0.920. The Labute approximate surface area is 54.6 Å². The van der Waals surface area contributed by atoms with E-state index in [0.29, 0.717) is 6.29 Å². The summed E-state index contributed by atoms with van der Waals surface area (Å²) in [6.07, 6.45) is 1.78. The largest absolute Gasteiger partial charge is 0.295 e. The van der Waals surface area contributed by atoms with Crippen molar-refractivity contribution < 1.29 is 9.59 Å². The molecule has 0 rings (SSSR count). The highest BCUT2D eigenvalue weighted by Gasteiger charge is 2.21. The van der Waals surface area contributed by atoms with Gasteiger partial charge in [0.25, 0.3) is 0 Å². The Morgan fingerprint density at radius 2 is 2.00 bits per heavy atom. The van der Waals surface area contributed by atoms with Gasteiger partial charge >= 0.3 is 0 Å². The normalized spacial score (nSPS) is 10.4. The monoisotopic (exact) mass is 126 g/mol. The molecule has 0 aliphatic heterocycles. The minimum Gasteiger partial charge on any atom is -0.295 e. The van der Waals surface area contributed by atoms with Crippen LogP contribution in [0.3, 0.4) is 0 Å². The van der Waals surface area contributed by atoms with Crippen molar-refractivity contribution >= 4 is 12.1 Å². The number of carbonyl (C=O) groups is 2. The van der Waals surface area contributed by atoms with Crippen LogP contribution in [-0.4, -0.2) is 12.1 Å². The van der Waals surface area contributed by atoms with Crippen LogP contribution in [-0.2, 0) is 9.59 Å². The zero-order chi connectivity index (χ0) is 7.49. The molecule has 0 aliphatic rings. The third-order valence-corrected chi connectivity index (χ3v) is 1.25. The molecule has 0 aromatic heterocycles. The van der Waals surface area contributed by atoms with E-state index >= 15 is 0 Å². The van der Waals surface area contributed by atoms with Gasteiger partial charge in [0.05, 0.1) is 0 Å². The van der Waals surface area contributed by atoms with E-state index in [2.05, 4.69) is 6.58 Å². The third kappa shape index (κ3) is 1.80. The summed E-state index contributed by atoms with van der Waals surface area (Å²) < 4.78 is 0. The molecule has 2 nitrogen and oxygen atoms in total. The van der Waals surface area contributed by atoms with Crippen LogP contribution in [0, 0.1) is 5.41 Å². The van der Waals surface area contributed by atoms with Crippen LogP contribution in [0.4, 0.5) is 0 Å². The molecule has 0 fully saturated rings. The first-order chi connectivity index (χ1) is 4.04. The number of Topliss-reactive ketones (excluding diaryl/α,β-unsaturated/α-hetero) is 1. The van der Waals surface area contributed by atoms with Crippen molar-refractivity contribution in [2.75, 3.05) is 0 Å². The maximum Gasteiger partial charge on any atom is 0.204 e. The molecule has 0 saturated heterocycles. The zero-order valence-corrected chi connectivity index (χ0v) is 5.68. The molecule has 2 heteroatoms. The zero-order valence-electron chi connectivity index (χ0n) is 5.68. The van der Waals surface area contributed by atoms with Gasteiger partial charge in [-0.25, -0.2) is 0 Å². The lowest BCUT2D eigenvalue weighted by Crippen LogP contribution is -2.21. The van der Waals surface area contributed by atoms with Crippen LogP contribution < -0.4 is 0 Å². The van der Waals surface area contributed by atoms with Gasteiger partial charge in [0.2, 0.25) is 5.78 Å². The molecular weight excluding hydrogens is 116 g/mol. The maximum atomic E-state index is 10.6. The summed E-state index contributed by atoms with van der Waals surface area (Å²) in [5, 5.41) is 0. The molecule has 0 heterocycles. The lowest BCUT2D eigenvalue weighted by Gasteiger charge is -2.12. The van der Waals surface area contributed by atoms with E-state index in [0.717, 1.165) is 0 Å². The molecule has 0 aromatic rings. The van der Waals surface area contributed by atoms with E-state index in [1.807, 2.05) is 0 Å². The lowest BCUT2D eigenvalue weighted by atomic mass is 9.89. The van der Waals surface area contributed by atoms with Crippen LogP contribution in [0.25, 0.3) is 0 Å². The van der Waals surface area contributed by atoms with Gasteiger partial charge in [-0.2, -0.15) is 0 Å². The van der Waals surface area contributed by atoms with E-state index in [1.54, 1.807) is 13.8 Å². The fourth-order valence-corrected chi connectivity index (χ4v) is 0.252. The van der Waals surface area contributed by atoms with Crippen molar-refractivity contribution in [2.45, 2.75) is 13.8 Å². The number of ketones is 1. The van der Waals surface area contributed by atoms with Gasteiger partial charge in [-0.3, -0.25) is 9.59 Å². The molecule has 0 bridgehead atoms. The highest BCUT2D eigenvalue weighted by Crippen LogP contribution is 2.15. The predicted octanol–water partition coefficient (Wildman–Crippen LogP) is 0.967. The van der Waals surface area contributed by atoms with Crippen LogP contribution in [0.1, 0.15) is 13.8 Å². The molecule has 0 aromatic carbocycles. The van der Waals surface area contributed by atoms with Gasteiger partial charge < -0.3 is 0 Å². The van der Waals surface area contributed by atoms with Crippen molar-refractivity contribution in [1.29, 1.82) is 0 Å². The average Bonchev–Trinajstić information content (AvgIpc) is 1.86. The van der Waals surface area contributed by atoms with Gasteiger partial charge in [-0.15, -0.1) is 6.58 Å². The minimum absolute atomic E-state index is 0.321. The third-order valence-electron chi connectivity index (χ3n) is 1.25. The molecule has 0 unspecified atom stereocenters. The Balaban J connectivity index is 4.31. The minimum atomic E-state index is -0.693. The molecule has 0 aliphatic carbocycles. The van der Waals surface area contributed by atoms with Gasteiger partial charge in [-0.05, 0) is 13.8 Å². The fourth-order valence-electron chi connectivity index (χ4n) is 0.252. The lowest BCUT2D eigenvalue weighted by molar-refractivity contribution is -0.134. The standard InChI is InChI=1S/C7H10O2/c1-4-7(2,3)6(9)5-8/h4-5H,1H2,2-3H3. The number of allylic oxidation sites excluding steroid dienone is 1. The van der Waals surface area contributed by atoms with Gasteiger partial charge in [-0.1, -0.05) is 6.08 Å². The van der Waals surface area contributed by atoms with Gasteiger partial charge in [0, 0.05) is 5.41 Å². The summed E-state index contributed by atoms with van der Waals surface area (Å²) in [6.45, 7) is 6.72. The van der Waals surface area contributed by atoms with E-state index < -0.39 is 11.2 Å². The fraction of sp³-hybridized carbons (Fsp3) is 0.429. The van der Waals surface area contributed by atoms with Crippen molar-refractivity contribution in [3.8, 4) is 0 Å². The summed E-state index contributed by atoms with van der Waals surface area (Å²) in [5.74, 6) is -0.433. The van der Waals surface area contributed by atoms with Gasteiger partial charge in [0.15, 0.2) is 6.29 Å². The molecule has 0 N–H and O–H groups in total. The molecule has 50 valence electrons. The smallest absolute Gasteiger partial charge is 0.204 e. The second-order valence-electron chi connectivity index (χ2n) is 2.41. The van der Waals surface area contributed by atoms with Crippen molar-refractivity contribution in [2.24, 2.45) is 5.41 Å². The van der Waals surface area contributed by atoms with E-state index in [4.69, 9.17) is 0 Å². The number of hydrogen-bond donors (Lipinski definition) is 0. The van der Waals surface area contributed by atoms with Crippen molar-refractivity contribution in [1.82, 2.24) is 0 Å². The number of aldehydes is 1.